The van der Waals surface area contributed by atoms with Crippen molar-refractivity contribution in [2.24, 2.45) is 0 Å². The maximum Gasteiger partial charge on any atom is 0.372 e. The van der Waals surface area contributed by atoms with E-state index in [0.29, 0.717) is 0 Å². The van der Waals surface area contributed by atoms with E-state index < -0.39 is 5.97 Å². The fraction of sp³-hybridized carbons (Fsp3) is 0.375. The Bertz CT molecular complexity index is 250. The minimum atomic E-state index is -0.988. The molecule has 1 heterocycles. The standard InChI is InChI=1S/C8H10O3/c1-2-3-6-4-5-11-7(6)8(9)10/h4-5H,2-3H2,1H3,(H,9,10). The van der Waals surface area contributed by atoms with Crippen LogP contribution in [0, 0.1) is 0 Å². The molecule has 1 rings (SSSR count). The van der Waals surface area contributed by atoms with Crippen LogP contribution in [0.2, 0.25) is 0 Å². The molecule has 3 heteroatoms. The fourth-order valence-electron chi connectivity index (χ4n) is 0.990. The molecule has 0 atom stereocenters. The van der Waals surface area contributed by atoms with Crippen molar-refractivity contribution in [3.8, 4) is 0 Å². The molecule has 0 fully saturated rings. The zero-order chi connectivity index (χ0) is 8.27. The predicted molar refractivity (Wildman–Crippen MR) is 39.7 cm³/mol. The molecule has 0 saturated heterocycles. The lowest BCUT2D eigenvalue weighted by Crippen LogP contribution is -1.97. The van der Waals surface area contributed by atoms with Crippen LogP contribution in [-0.2, 0) is 6.42 Å². The van der Waals surface area contributed by atoms with Gasteiger partial charge in [0.15, 0.2) is 0 Å². The second-order valence-corrected chi connectivity index (χ2v) is 2.33. The van der Waals surface area contributed by atoms with Crippen LogP contribution in [-0.4, -0.2) is 11.1 Å². The van der Waals surface area contributed by atoms with E-state index in [1.807, 2.05) is 6.92 Å². The summed E-state index contributed by atoms with van der Waals surface area (Å²) < 4.78 is 4.78. The van der Waals surface area contributed by atoms with E-state index in [2.05, 4.69) is 0 Å². The first-order valence-electron chi connectivity index (χ1n) is 3.55. The molecular weight excluding hydrogens is 144 g/mol. The molecule has 0 radical (unpaired) electrons. The van der Waals surface area contributed by atoms with Gasteiger partial charge in [-0.25, -0.2) is 4.79 Å². The van der Waals surface area contributed by atoms with Gasteiger partial charge in [0, 0.05) is 5.56 Å². The van der Waals surface area contributed by atoms with Crippen molar-refractivity contribution in [3.05, 3.63) is 23.7 Å². The SMILES string of the molecule is CCCc1ccoc1C(=O)O. The first-order valence-corrected chi connectivity index (χ1v) is 3.55. The van der Waals surface area contributed by atoms with Crippen LogP contribution in [0.5, 0.6) is 0 Å². The molecule has 0 spiro atoms. The van der Waals surface area contributed by atoms with Crippen LogP contribution in [0.1, 0.15) is 29.5 Å². The Balaban J connectivity index is 2.87. The van der Waals surface area contributed by atoms with Gasteiger partial charge in [-0.05, 0) is 12.5 Å². The molecule has 0 aliphatic carbocycles. The number of aromatic carboxylic acids is 1. The van der Waals surface area contributed by atoms with Crippen LogP contribution in [0.3, 0.4) is 0 Å². The largest absolute Gasteiger partial charge is 0.475 e. The summed E-state index contributed by atoms with van der Waals surface area (Å²) in [6, 6.07) is 1.70. The van der Waals surface area contributed by atoms with Gasteiger partial charge in [-0.15, -0.1) is 0 Å². The van der Waals surface area contributed by atoms with Crippen molar-refractivity contribution >= 4 is 5.97 Å². The van der Waals surface area contributed by atoms with Crippen LogP contribution in [0.4, 0.5) is 0 Å². The van der Waals surface area contributed by atoms with E-state index >= 15 is 0 Å². The summed E-state index contributed by atoms with van der Waals surface area (Å²) in [5, 5.41) is 8.59. The van der Waals surface area contributed by atoms with Gasteiger partial charge >= 0.3 is 5.97 Å². The molecule has 0 aromatic carbocycles. The van der Waals surface area contributed by atoms with Crippen molar-refractivity contribution in [2.45, 2.75) is 19.8 Å². The number of hydrogen-bond donors (Lipinski definition) is 1. The summed E-state index contributed by atoms with van der Waals surface area (Å²) in [5.41, 5.74) is 0.778. The highest BCUT2D eigenvalue weighted by molar-refractivity contribution is 5.86. The number of rotatable bonds is 3. The molecular formula is C8H10O3. The first kappa shape index (κ1) is 7.85. The van der Waals surface area contributed by atoms with Gasteiger partial charge in [0.25, 0.3) is 0 Å². The van der Waals surface area contributed by atoms with Crippen LogP contribution < -0.4 is 0 Å². The minimum absolute atomic E-state index is 0.0758. The van der Waals surface area contributed by atoms with Crippen molar-refractivity contribution in [1.82, 2.24) is 0 Å². The van der Waals surface area contributed by atoms with Crippen molar-refractivity contribution in [2.75, 3.05) is 0 Å². The number of aryl methyl sites for hydroxylation is 1. The zero-order valence-corrected chi connectivity index (χ0v) is 6.33. The summed E-state index contributed by atoms with van der Waals surface area (Å²) in [7, 11) is 0. The Hall–Kier alpha value is -1.25. The molecule has 1 N–H and O–H groups in total. The highest BCUT2D eigenvalue weighted by atomic mass is 16.4. The summed E-state index contributed by atoms with van der Waals surface area (Å²) in [6.07, 6.45) is 3.10. The maximum atomic E-state index is 10.5. The molecule has 60 valence electrons. The average Bonchev–Trinajstić information content (AvgIpc) is 2.36. The quantitative estimate of drug-likeness (QED) is 0.723. The first-order chi connectivity index (χ1) is 5.25. The van der Waals surface area contributed by atoms with Gasteiger partial charge < -0.3 is 9.52 Å². The fourth-order valence-corrected chi connectivity index (χ4v) is 0.990. The molecule has 0 unspecified atom stereocenters. The Labute approximate surface area is 64.6 Å². The molecule has 0 aliphatic heterocycles. The van der Waals surface area contributed by atoms with Crippen LogP contribution >= 0.6 is 0 Å². The number of carbonyl (C=O) groups is 1. The normalized spacial score (nSPS) is 9.91. The monoisotopic (exact) mass is 154 g/mol. The van der Waals surface area contributed by atoms with Crippen molar-refractivity contribution < 1.29 is 14.3 Å². The minimum Gasteiger partial charge on any atom is -0.475 e. The van der Waals surface area contributed by atoms with Crippen LogP contribution in [0.25, 0.3) is 0 Å². The molecule has 3 nitrogen and oxygen atoms in total. The van der Waals surface area contributed by atoms with Crippen molar-refractivity contribution in [3.63, 3.8) is 0 Å². The summed E-state index contributed by atoms with van der Waals surface area (Å²) in [4.78, 5) is 10.5. The lowest BCUT2D eigenvalue weighted by atomic mass is 10.1. The predicted octanol–water partition coefficient (Wildman–Crippen LogP) is 1.93. The molecule has 0 amide bonds. The smallest absolute Gasteiger partial charge is 0.372 e. The van der Waals surface area contributed by atoms with E-state index in [1.54, 1.807) is 6.07 Å². The highest BCUT2D eigenvalue weighted by Crippen LogP contribution is 2.11. The lowest BCUT2D eigenvalue weighted by molar-refractivity contribution is 0.0661. The van der Waals surface area contributed by atoms with E-state index in [-0.39, 0.29) is 5.76 Å². The second-order valence-electron chi connectivity index (χ2n) is 2.33. The summed E-state index contributed by atoms with van der Waals surface area (Å²) >= 11 is 0. The summed E-state index contributed by atoms with van der Waals surface area (Å²) in [6.45, 7) is 2.00. The third-order valence-electron chi connectivity index (χ3n) is 1.46. The Morgan fingerprint density at radius 1 is 1.73 bits per heavy atom. The van der Waals surface area contributed by atoms with Gasteiger partial charge in [0.05, 0.1) is 6.26 Å². The lowest BCUT2D eigenvalue weighted by Gasteiger charge is -1.93. The van der Waals surface area contributed by atoms with Gasteiger partial charge in [-0.2, -0.15) is 0 Å². The topological polar surface area (TPSA) is 50.4 Å². The number of hydrogen-bond acceptors (Lipinski definition) is 2. The molecule has 0 saturated carbocycles. The second kappa shape index (κ2) is 3.23. The zero-order valence-electron chi connectivity index (χ0n) is 6.33. The van der Waals surface area contributed by atoms with E-state index in [9.17, 15) is 4.79 Å². The van der Waals surface area contributed by atoms with E-state index in [1.165, 1.54) is 6.26 Å². The Morgan fingerprint density at radius 3 is 3.00 bits per heavy atom. The number of carboxylic acid groups (broad SMARTS) is 1. The molecule has 1 aromatic heterocycles. The molecule has 1 aromatic rings. The number of carboxylic acids is 1. The molecule has 11 heavy (non-hydrogen) atoms. The highest BCUT2D eigenvalue weighted by Gasteiger charge is 2.11. The van der Waals surface area contributed by atoms with Gasteiger partial charge in [0.1, 0.15) is 0 Å². The average molecular weight is 154 g/mol. The Kier molecular flexibility index (Phi) is 2.31. The van der Waals surface area contributed by atoms with Crippen LogP contribution in [0.15, 0.2) is 16.7 Å². The van der Waals surface area contributed by atoms with E-state index in [0.717, 1.165) is 18.4 Å². The van der Waals surface area contributed by atoms with Gasteiger partial charge in [-0.1, -0.05) is 13.3 Å². The van der Waals surface area contributed by atoms with Gasteiger partial charge in [-0.3, -0.25) is 0 Å². The third kappa shape index (κ3) is 1.61. The molecule has 0 aliphatic rings. The number of furan rings is 1. The summed E-state index contributed by atoms with van der Waals surface area (Å²) in [5.74, 6) is -0.912. The van der Waals surface area contributed by atoms with Gasteiger partial charge in [0.2, 0.25) is 5.76 Å². The third-order valence-corrected chi connectivity index (χ3v) is 1.46. The molecule has 0 bridgehead atoms. The van der Waals surface area contributed by atoms with Crippen molar-refractivity contribution in [1.29, 1.82) is 0 Å². The Morgan fingerprint density at radius 2 is 2.45 bits per heavy atom. The maximum absolute atomic E-state index is 10.5. The van der Waals surface area contributed by atoms with E-state index in [4.69, 9.17) is 9.52 Å².